The molecule has 1 aliphatic rings. The minimum atomic E-state index is -0.0318. The first kappa shape index (κ1) is 18.3. The maximum Gasteiger partial charge on any atom is 0.321 e. The fourth-order valence-corrected chi connectivity index (χ4v) is 4.01. The van der Waals surface area contributed by atoms with E-state index >= 15 is 0 Å². The number of aryl methyl sites for hydroxylation is 1. The highest BCUT2D eigenvalue weighted by Gasteiger charge is 2.32. The molecule has 0 radical (unpaired) electrons. The van der Waals surface area contributed by atoms with Crippen molar-refractivity contribution in [3.8, 4) is 0 Å². The van der Waals surface area contributed by atoms with Crippen LogP contribution in [0.2, 0.25) is 0 Å². The number of likely N-dealkylation sites (N-methyl/N-ethyl adjacent to an activating group) is 1. The number of hydrogen-bond acceptors (Lipinski definition) is 3. The first-order valence-corrected chi connectivity index (χ1v) is 9.80. The molecule has 1 aromatic carbocycles. The molecule has 4 rings (SSSR count). The molecule has 0 spiro atoms. The fraction of sp³-hybridized carbons (Fsp3) is 0.364. The first-order valence-electron chi connectivity index (χ1n) is 9.80. The number of aromatic nitrogens is 2. The number of H-pyrrole nitrogens is 1. The van der Waals surface area contributed by atoms with Crippen molar-refractivity contribution < 1.29 is 4.79 Å². The number of urea groups is 1. The van der Waals surface area contributed by atoms with E-state index in [1.165, 1.54) is 5.56 Å². The molecular formula is C22H27N5O. The Morgan fingerprint density at radius 3 is 2.82 bits per heavy atom. The molecule has 1 aliphatic heterocycles. The zero-order valence-corrected chi connectivity index (χ0v) is 16.6. The molecule has 6 nitrogen and oxygen atoms in total. The van der Waals surface area contributed by atoms with Gasteiger partial charge in [-0.25, -0.2) is 9.78 Å². The molecule has 28 heavy (non-hydrogen) atoms. The van der Waals surface area contributed by atoms with Crippen LogP contribution in [0.5, 0.6) is 0 Å². The molecule has 0 bridgehead atoms. The van der Waals surface area contributed by atoms with Gasteiger partial charge in [-0.15, -0.1) is 0 Å². The van der Waals surface area contributed by atoms with Crippen molar-refractivity contribution in [3.05, 3.63) is 54.4 Å². The molecule has 3 aromatic rings. The summed E-state index contributed by atoms with van der Waals surface area (Å²) < 4.78 is 0. The number of benzene rings is 1. The van der Waals surface area contributed by atoms with Crippen LogP contribution < -0.4 is 10.2 Å². The number of hydrogen-bond donors (Lipinski definition) is 2. The van der Waals surface area contributed by atoms with E-state index in [2.05, 4.69) is 40.2 Å². The Morgan fingerprint density at radius 2 is 2.04 bits per heavy atom. The predicted octanol–water partition coefficient (Wildman–Crippen LogP) is 4.25. The van der Waals surface area contributed by atoms with Gasteiger partial charge in [0, 0.05) is 55.3 Å². The fourth-order valence-electron chi connectivity index (χ4n) is 4.01. The Morgan fingerprint density at radius 1 is 1.25 bits per heavy atom. The van der Waals surface area contributed by atoms with E-state index in [0.29, 0.717) is 12.5 Å². The molecule has 0 saturated carbocycles. The quantitative estimate of drug-likeness (QED) is 0.717. The number of fused-ring (bicyclic) bond motifs is 1. The van der Waals surface area contributed by atoms with Gasteiger partial charge in [-0.1, -0.05) is 24.6 Å². The molecule has 1 unspecified atom stereocenters. The number of carbonyl (C=O) groups excluding carboxylic acids is 1. The zero-order chi connectivity index (χ0) is 19.7. The lowest BCUT2D eigenvalue weighted by Gasteiger charge is -2.42. The van der Waals surface area contributed by atoms with E-state index < -0.39 is 0 Å². The number of piperidine rings is 1. The Hall–Kier alpha value is -3.02. The van der Waals surface area contributed by atoms with Crippen molar-refractivity contribution >= 4 is 28.4 Å². The lowest BCUT2D eigenvalue weighted by Crippen LogP contribution is -2.53. The van der Waals surface area contributed by atoms with Crippen LogP contribution in [0, 0.1) is 12.8 Å². The second-order valence-corrected chi connectivity index (χ2v) is 7.76. The number of pyridine rings is 1. The van der Waals surface area contributed by atoms with Crippen LogP contribution in [-0.2, 0) is 0 Å². The van der Waals surface area contributed by atoms with E-state index in [-0.39, 0.29) is 12.1 Å². The summed E-state index contributed by atoms with van der Waals surface area (Å²) in [5.41, 5.74) is 4.05. The highest BCUT2D eigenvalue weighted by Crippen LogP contribution is 2.30. The van der Waals surface area contributed by atoms with E-state index in [0.717, 1.165) is 35.4 Å². The van der Waals surface area contributed by atoms with E-state index in [4.69, 9.17) is 0 Å². The van der Waals surface area contributed by atoms with Gasteiger partial charge >= 0.3 is 6.03 Å². The molecular weight excluding hydrogens is 350 g/mol. The van der Waals surface area contributed by atoms with Crippen LogP contribution in [0.25, 0.3) is 11.0 Å². The van der Waals surface area contributed by atoms with E-state index in [9.17, 15) is 4.79 Å². The highest BCUT2D eigenvalue weighted by molar-refractivity contribution is 5.90. The summed E-state index contributed by atoms with van der Waals surface area (Å²) in [4.78, 5) is 24.6. The molecule has 0 aliphatic carbocycles. The maximum atomic E-state index is 12.8. The Kier molecular flexibility index (Phi) is 4.94. The molecule has 2 N–H and O–H groups in total. The van der Waals surface area contributed by atoms with Gasteiger partial charge in [-0.05, 0) is 43.5 Å². The lowest BCUT2D eigenvalue weighted by molar-refractivity contribution is 0.172. The molecule has 146 valence electrons. The minimum Gasteiger partial charge on any atom is -0.369 e. The summed E-state index contributed by atoms with van der Waals surface area (Å²) in [5.74, 6) is 0.496. The molecule has 6 heteroatoms. The third kappa shape index (κ3) is 3.54. The van der Waals surface area contributed by atoms with Gasteiger partial charge in [0.05, 0.1) is 0 Å². The number of likely N-dealkylation sites (tertiary alicyclic amines) is 1. The maximum absolute atomic E-state index is 12.8. The molecule has 2 aromatic heterocycles. The van der Waals surface area contributed by atoms with Crippen LogP contribution in [-0.4, -0.2) is 47.1 Å². The summed E-state index contributed by atoms with van der Waals surface area (Å²) in [6.07, 6.45) is 4.73. The van der Waals surface area contributed by atoms with Crippen molar-refractivity contribution in [2.75, 3.05) is 30.4 Å². The van der Waals surface area contributed by atoms with Crippen LogP contribution in [0.3, 0.4) is 0 Å². The van der Waals surface area contributed by atoms with Crippen LogP contribution in [0.15, 0.2) is 48.8 Å². The smallest absolute Gasteiger partial charge is 0.321 e. The Bertz CT molecular complexity index is 964. The van der Waals surface area contributed by atoms with Gasteiger partial charge in [0.2, 0.25) is 0 Å². The van der Waals surface area contributed by atoms with E-state index in [1.807, 2.05) is 54.5 Å². The Balaban J connectivity index is 1.50. The summed E-state index contributed by atoms with van der Waals surface area (Å²) in [6, 6.07) is 12.2. The van der Waals surface area contributed by atoms with Crippen molar-refractivity contribution in [1.29, 1.82) is 0 Å². The highest BCUT2D eigenvalue weighted by atomic mass is 16.2. The van der Waals surface area contributed by atoms with Gasteiger partial charge in [-0.3, -0.25) is 0 Å². The van der Waals surface area contributed by atoms with Crippen LogP contribution in [0.4, 0.5) is 16.2 Å². The predicted molar refractivity (Wildman–Crippen MR) is 114 cm³/mol. The molecule has 2 atom stereocenters. The third-order valence-corrected chi connectivity index (χ3v) is 5.82. The largest absolute Gasteiger partial charge is 0.369 e. The van der Waals surface area contributed by atoms with Crippen molar-refractivity contribution in [2.24, 2.45) is 5.92 Å². The van der Waals surface area contributed by atoms with Gasteiger partial charge < -0.3 is 20.1 Å². The summed E-state index contributed by atoms with van der Waals surface area (Å²) in [7, 11) is 2.12. The monoisotopic (exact) mass is 377 g/mol. The lowest BCUT2D eigenvalue weighted by atomic mass is 9.92. The summed E-state index contributed by atoms with van der Waals surface area (Å²) in [5, 5.41) is 4.14. The molecule has 2 amide bonds. The van der Waals surface area contributed by atoms with Gasteiger partial charge in [0.25, 0.3) is 0 Å². The second kappa shape index (κ2) is 7.54. The average Bonchev–Trinajstić information content (AvgIpc) is 3.18. The second-order valence-electron chi connectivity index (χ2n) is 7.76. The normalized spacial score (nSPS) is 19.6. The SMILES string of the molecule is Cc1ccc(NC(=O)N2CC[C@@H](C)C(N(C)c3ccnc4[nH]ccc34)C2)cc1. The molecule has 1 fully saturated rings. The van der Waals surface area contributed by atoms with E-state index in [1.54, 1.807) is 0 Å². The summed E-state index contributed by atoms with van der Waals surface area (Å²) >= 11 is 0. The van der Waals surface area contributed by atoms with Crippen LogP contribution >= 0.6 is 0 Å². The van der Waals surface area contributed by atoms with Gasteiger partial charge in [-0.2, -0.15) is 0 Å². The molecule has 1 saturated heterocycles. The molecule has 3 heterocycles. The number of anilines is 2. The van der Waals surface area contributed by atoms with Crippen molar-refractivity contribution in [1.82, 2.24) is 14.9 Å². The number of nitrogens with zero attached hydrogens (tertiary/aromatic N) is 3. The number of rotatable bonds is 3. The number of aromatic amines is 1. The average molecular weight is 377 g/mol. The Labute approximate surface area is 165 Å². The van der Waals surface area contributed by atoms with Crippen LogP contribution in [0.1, 0.15) is 18.9 Å². The number of carbonyl (C=O) groups is 1. The summed E-state index contributed by atoms with van der Waals surface area (Å²) in [6.45, 7) is 5.78. The topological polar surface area (TPSA) is 64.3 Å². The van der Waals surface area contributed by atoms with Crippen molar-refractivity contribution in [3.63, 3.8) is 0 Å². The third-order valence-electron chi connectivity index (χ3n) is 5.82. The van der Waals surface area contributed by atoms with Gasteiger partial charge in [0.15, 0.2) is 0 Å². The minimum absolute atomic E-state index is 0.0318. The first-order chi connectivity index (χ1) is 13.5. The van der Waals surface area contributed by atoms with Crippen molar-refractivity contribution in [2.45, 2.75) is 26.3 Å². The van der Waals surface area contributed by atoms with Gasteiger partial charge in [0.1, 0.15) is 5.65 Å². The standard InChI is InChI=1S/C22H27N5O/c1-15-4-6-17(7-5-15)25-22(28)27-13-10-16(2)20(14-27)26(3)19-9-12-24-21-18(19)8-11-23-21/h4-9,11-12,16,20H,10,13-14H2,1-3H3,(H,23,24)(H,25,28)/t16-,20?/m1/s1. The number of amides is 2. The zero-order valence-electron chi connectivity index (χ0n) is 16.6. The number of nitrogens with one attached hydrogen (secondary N) is 2.